The highest BCUT2D eigenvalue weighted by Crippen LogP contribution is 2.19. The van der Waals surface area contributed by atoms with Crippen LogP contribution in [0.5, 0.6) is 0 Å². The molecule has 0 spiro atoms. The maximum atomic E-state index is 9.13. The highest BCUT2D eigenvalue weighted by Gasteiger charge is 2.22. The minimum Gasteiger partial charge on any atom is -0.396 e. The SMILES string of the molecule is COC(C)(C)CCN1CCCC(CO)C1. The molecule has 15 heavy (non-hydrogen) atoms. The molecule has 1 saturated heterocycles. The van der Waals surface area contributed by atoms with Gasteiger partial charge in [0.05, 0.1) is 5.60 Å². The molecule has 1 aliphatic heterocycles. The van der Waals surface area contributed by atoms with Crippen LogP contribution >= 0.6 is 0 Å². The van der Waals surface area contributed by atoms with E-state index in [-0.39, 0.29) is 5.60 Å². The van der Waals surface area contributed by atoms with E-state index in [0.717, 1.165) is 19.5 Å². The molecule has 0 aromatic heterocycles. The predicted molar refractivity (Wildman–Crippen MR) is 62.0 cm³/mol. The molecule has 0 radical (unpaired) electrons. The second-order valence-electron chi connectivity index (χ2n) is 5.21. The normalized spacial score (nSPS) is 24.4. The van der Waals surface area contributed by atoms with Gasteiger partial charge in [-0.3, -0.25) is 0 Å². The third-order valence-corrected chi connectivity index (χ3v) is 3.44. The van der Waals surface area contributed by atoms with Gasteiger partial charge >= 0.3 is 0 Å². The van der Waals surface area contributed by atoms with Gasteiger partial charge in [0.15, 0.2) is 0 Å². The van der Waals surface area contributed by atoms with Gasteiger partial charge in [0.1, 0.15) is 0 Å². The van der Waals surface area contributed by atoms with Gasteiger partial charge in [-0.15, -0.1) is 0 Å². The summed E-state index contributed by atoms with van der Waals surface area (Å²) in [7, 11) is 1.77. The van der Waals surface area contributed by atoms with Crippen molar-refractivity contribution in [3.05, 3.63) is 0 Å². The zero-order valence-electron chi connectivity index (χ0n) is 10.3. The second kappa shape index (κ2) is 5.83. The van der Waals surface area contributed by atoms with E-state index in [9.17, 15) is 0 Å². The van der Waals surface area contributed by atoms with Crippen molar-refractivity contribution in [2.24, 2.45) is 5.92 Å². The van der Waals surface area contributed by atoms with Gasteiger partial charge in [-0.2, -0.15) is 0 Å². The Kier molecular flexibility index (Phi) is 5.03. The minimum atomic E-state index is -0.0217. The second-order valence-corrected chi connectivity index (χ2v) is 5.21. The lowest BCUT2D eigenvalue weighted by Gasteiger charge is -2.34. The lowest BCUT2D eigenvalue weighted by molar-refractivity contribution is 0.00270. The van der Waals surface area contributed by atoms with Crippen molar-refractivity contribution in [2.75, 3.05) is 33.4 Å². The summed E-state index contributed by atoms with van der Waals surface area (Å²) >= 11 is 0. The van der Waals surface area contributed by atoms with E-state index in [1.807, 2.05) is 0 Å². The van der Waals surface area contributed by atoms with E-state index in [1.54, 1.807) is 7.11 Å². The first kappa shape index (κ1) is 12.9. The number of likely N-dealkylation sites (tertiary alicyclic amines) is 1. The summed E-state index contributed by atoms with van der Waals surface area (Å²) < 4.78 is 5.41. The lowest BCUT2D eigenvalue weighted by atomic mass is 9.97. The van der Waals surface area contributed by atoms with Crippen LogP contribution in [0.15, 0.2) is 0 Å². The first-order valence-corrected chi connectivity index (χ1v) is 5.96. The van der Waals surface area contributed by atoms with E-state index >= 15 is 0 Å². The topological polar surface area (TPSA) is 32.7 Å². The fourth-order valence-electron chi connectivity index (χ4n) is 2.03. The zero-order valence-corrected chi connectivity index (χ0v) is 10.3. The summed E-state index contributed by atoms with van der Waals surface area (Å²) in [5.74, 6) is 0.490. The van der Waals surface area contributed by atoms with Crippen molar-refractivity contribution in [3.8, 4) is 0 Å². The third-order valence-electron chi connectivity index (χ3n) is 3.44. The van der Waals surface area contributed by atoms with E-state index in [4.69, 9.17) is 9.84 Å². The van der Waals surface area contributed by atoms with Crippen molar-refractivity contribution < 1.29 is 9.84 Å². The molecule has 3 heteroatoms. The molecule has 1 aliphatic rings. The molecule has 1 heterocycles. The van der Waals surface area contributed by atoms with Crippen LogP contribution in [0, 0.1) is 5.92 Å². The number of piperidine rings is 1. The van der Waals surface area contributed by atoms with Crippen LogP contribution in [-0.4, -0.2) is 49.0 Å². The molecule has 1 atom stereocenters. The first-order valence-electron chi connectivity index (χ1n) is 5.96. The van der Waals surface area contributed by atoms with Gasteiger partial charge in [-0.05, 0) is 45.6 Å². The van der Waals surface area contributed by atoms with Gasteiger partial charge in [-0.1, -0.05) is 0 Å². The standard InChI is InChI=1S/C12H25NO2/c1-12(2,15-3)6-8-13-7-4-5-11(9-13)10-14/h11,14H,4-10H2,1-3H3. The predicted octanol–water partition coefficient (Wildman–Crippen LogP) is 1.51. The van der Waals surface area contributed by atoms with Crippen molar-refractivity contribution in [2.45, 2.75) is 38.7 Å². The minimum absolute atomic E-state index is 0.0217. The number of hydrogen-bond donors (Lipinski definition) is 1. The van der Waals surface area contributed by atoms with E-state index in [1.165, 1.54) is 19.4 Å². The molecule has 0 saturated carbocycles. The third kappa shape index (κ3) is 4.49. The Labute approximate surface area is 93.4 Å². The highest BCUT2D eigenvalue weighted by molar-refractivity contribution is 4.76. The Hall–Kier alpha value is -0.120. The first-order chi connectivity index (χ1) is 7.07. The van der Waals surface area contributed by atoms with Crippen LogP contribution in [-0.2, 0) is 4.74 Å². The number of nitrogens with zero attached hydrogens (tertiary/aromatic N) is 1. The Morgan fingerprint density at radius 3 is 2.80 bits per heavy atom. The molecule has 1 N–H and O–H groups in total. The molecule has 0 aromatic carbocycles. The van der Waals surface area contributed by atoms with E-state index in [2.05, 4.69) is 18.7 Å². The van der Waals surface area contributed by atoms with Crippen LogP contribution in [0.2, 0.25) is 0 Å². The highest BCUT2D eigenvalue weighted by atomic mass is 16.5. The molecular weight excluding hydrogens is 190 g/mol. The van der Waals surface area contributed by atoms with Crippen LogP contribution in [0.1, 0.15) is 33.1 Å². The Bertz CT molecular complexity index is 182. The fourth-order valence-corrected chi connectivity index (χ4v) is 2.03. The number of hydrogen-bond acceptors (Lipinski definition) is 3. The molecule has 0 amide bonds. The largest absolute Gasteiger partial charge is 0.396 e. The molecule has 0 aromatic rings. The summed E-state index contributed by atoms with van der Waals surface area (Å²) in [6, 6.07) is 0. The summed E-state index contributed by atoms with van der Waals surface area (Å²) in [5, 5.41) is 9.13. The van der Waals surface area contributed by atoms with E-state index in [0.29, 0.717) is 12.5 Å². The molecule has 3 nitrogen and oxygen atoms in total. The van der Waals surface area contributed by atoms with Gasteiger partial charge in [0, 0.05) is 26.8 Å². The molecular formula is C12H25NO2. The van der Waals surface area contributed by atoms with Gasteiger partial charge < -0.3 is 14.7 Å². The van der Waals surface area contributed by atoms with Crippen LogP contribution in [0.25, 0.3) is 0 Å². The smallest absolute Gasteiger partial charge is 0.0634 e. The Morgan fingerprint density at radius 1 is 1.47 bits per heavy atom. The molecule has 90 valence electrons. The quantitative estimate of drug-likeness (QED) is 0.754. The summed E-state index contributed by atoms with van der Waals surface area (Å²) in [6.07, 6.45) is 3.46. The maximum Gasteiger partial charge on any atom is 0.0634 e. The number of methoxy groups -OCH3 is 1. The van der Waals surface area contributed by atoms with Crippen molar-refractivity contribution >= 4 is 0 Å². The Morgan fingerprint density at radius 2 is 2.20 bits per heavy atom. The lowest BCUT2D eigenvalue weighted by Crippen LogP contribution is -2.39. The molecule has 1 rings (SSSR count). The molecule has 0 bridgehead atoms. The van der Waals surface area contributed by atoms with Crippen molar-refractivity contribution in [1.29, 1.82) is 0 Å². The average Bonchev–Trinajstić information content (AvgIpc) is 2.27. The van der Waals surface area contributed by atoms with Crippen LogP contribution in [0.4, 0.5) is 0 Å². The summed E-state index contributed by atoms with van der Waals surface area (Å²) in [6.45, 7) is 7.90. The number of aliphatic hydroxyl groups is 1. The van der Waals surface area contributed by atoms with Gasteiger partial charge in [0.2, 0.25) is 0 Å². The van der Waals surface area contributed by atoms with Gasteiger partial charge in [-0.25, -0.2) is 0 Å². The maximum absolute atomic E-state index is 9.13. The zero-order chi connectivity index (χ0) is 11.3. The molecule has 0 aliphatic carbocycles. The van der Waals surface area contributed by atoms with E-state index < -0.39 is 0 Å². The fraction of sp³-hybridized carbons (Fsp3) is 1.00. The summed E-state index contributed by atoms with van der Waals surface area (Å²) in [5.41, 5.74) is -0.0217. The van der Waals surface area contributed by atoms with Gasteiger partial charge in [0.25, 0.3) is 0 Å². The number of aliphatic hydroxyl groups excluding tert-OH is 1. The van der Waals surface area contributed by atoms with Crippen LogP contribution in [0.3, 0.4) is 0 Å². The summed E-state index contributed by atoms with van der Waals surface area (Å²) in [4.78, 5) is 2.45. The average molecular weight is 215 g/mol. The monoisotopic (exact) mass is 215 g/mol. The number of rotatable bonds is 5. The van der Waals surface area contributed by atoms with Crippen molar-refractivity contribution in [3.63, 3.8) is 0 Å². The Balaban J connectivity index is 2.26. The molecule has 1 fully saturated rings. The van der Waals surface area contributed by atoms with Crippen LogP contribution < -0.4 is 0 Å². The molecule has 1 unspecified atom stereocenters. The number of ether oxygens (including phenoxy) is 1. The van der Waals surface area contributed by atoms with Crippen molar-refractivity contribution in [1.82, 2.24) is 4.90 Å².